The number of esters is 1. The molecule has 1 saturated heterocycles. The van der Waals surface area contributed by atoms with Crippen LogP contribution in [0.3, 0.4) is 0 Å². The lowest BCUT2D eigenvalue weighted by Gasteiger charge is -2.27. The second-order valence-corrected chi connectivity index (χ2v) is 8.96. The van der Waals surface area contributed by atoms with Crippen LogP contribution in [-0.4, -0.2) is 48.1 Å². The van der Waals surface area contributed by atoms with Crippen molar-refractivity contribution < 1.29 is 38.0 Å². The van der Waals surface area contributed by atoms with E-state index in [0.717, 1.165) is 16.7 Å². The van der Waals surface area contributed by atoms with Crippen molar-refractivity contribution in [3.05, 3.63) is 64.7 Å². The van der Waals surface area contributed by atoms with Gasteiger partial charge in [-0.15, -0.1) is 0 Å². The van der Waals surface area contributed by atoms with Gasteiger partial charge in [-0.3, -0.25) is 0 Å². The van der Waals surface area contributed by atoms with Gasteiger partial charge in [-0.25, -0.2) is 4.79 Å². The van der Waals surface area contributed by atoms with Gasteiger partial charge in [0, 0.05) is 22.6 Å². The van der Waals surface area contributed by atoms with E-state index in [1.165, 1.54) is 0 Å². The number of methoxy groups -OCH3 is 5. The zero-order valence-corrected chi connectivity index (χ0v) is 22.1. The number of hydrogen-bond donors (Lipinski definition) is 0. The van der Waals surface area contributed by atoms with Crippen LogP contribution in [-0.2, 0) is 22.6 Å². The molecule has 2 aliphatic rings. The third-order valence-corrected chi connectivity index (χ3v) is 6.91. The van der Waals surface area contributed by atoms with Gasteiger partial charge in [0.1, 0.15) is 6.61 Å². The Balaban J connectivity index is 1.83. The highest BCUT2D eigenvalue weighted by Gasteiger charge is 2.37. The van der Waals surface area contributed by atoms with Crippen molar-refractivity contribution in [1.29, 1.82) is 0 Å². The standard InChI is InChI=1S/C30H30O8/c1-32-22-13-18-11-20-16-38-30(31)21(20)12-19-14-23(33-2)27(37-15-17-9-7-6-8-10-17)29(36-5)25(19)24(18)28(35-4)26(22)34-3/h6-10,12-14,20H,11,15-16H2,1-5H3/b21-12+/t20-/m1/s1. The summed E-state index contributed by atoms with van der Waals surface area (Å²) in [4.78, 5) is 12.7. The molecule has 0 saturated carbocycles. The van der Waals surface area contributed by atoms with Crippen LogP contribution in [0, 0.1) is 5.92 Å². The molecular weight excluding hydrogens is 488 g/mol. The molecular formula is C30H30O8. The largest absolute Gasteiger partial charge is 0.493 e. The van der Waals surface area contributed by atoms with Crippen LogP contribution in [0.4, 0.5) is 0 Å². The van der Waals surface area contributed by atoms with Gasteiger partial charge in [0.05, 0.1) is 42.2 Å². The normalized spacial score (nSPS) is 16.9. The van der Waals surface area contributed by atoms with Crippen molar-refractivity contribution in [1.82, 2.24) is 0 Å². The van der Waals surface area contributed by atoms with Crippen molar-refractivity contribution in [3.63, 3.8) is 0 Å². The summed E-state index contributed by atoms with van der Waals surface area (Å²) in [5, 5.41) is 0. The molecule has 8 nitrogen and oxygen atoms in total. The number of hydrogen-bond acceptors (Lipinski definition) is 8. The van der Waals surface area contributed by atoms with E-state index in [1.54, 1.807) is 35.5 Å². The van der Waals surface area contributed by atoms with E-state index in [1.807, 2.05) is 48.5 Å². The van der Waals surface area contributed by atoms with E-state index in [-0.39, 0.29) is 11.9 Å². The van der Waals surface area contributed by atoms with Crippen molar-refractivity contribution >= 4 is 12.0 Å². The molecule has 1 aliphatic carbocycles. The van der Waals surface area contributed by atoms with Crippen LogP contribution >= 0.6 is 0 Å². The summed E-state index contributed by atoms with van der Waals surface area (Å²) in [6, 6.07) is 13.6. The molecule has 1 atom stereocenters. The number of ether oxygens (including phenoxy) is 7. The van der Waals surface area contributed by atoms with E-state index in [0.29, 0.717) is 70.8 Å². The highest BCUT2D eigenvalue weighted by atomic mass is 16.5. The van der Waals surface area contributed by atoms with E-state index < -0.39 is 0 Å². The van der Waals surface area contributed by atoms with Gasteiger partial charge in [-0.2, -0.15) is 0 Å². The first-order chi connectivity index (χ1) is 18.5. The lowest BCUT2D eigenvalue weighted by Crippen LogP contribution is -2.13. The van der Waals surface area contributed by atoms with Gasteiger partial charge in [-0.05, 0) is 41.3 Å². The van der Waals surface area contributed by atoms with E-state index in [2.05, 4.69) is 0 Å². The second-order valence-electron chi connectivity index (χ2n) is 8.96. The molecule has 0 spiro atoms. The number of cyclic esters (lactones) is 1. The fourth-order valence-corrected chi connectivity index (χ4v) is 5.16. The molecule has 5 rings (SSSR count). The third kappa shape index (κ3) is 4.26. The number of benzene rings is 3. The molecule has 3 aromatic carbocycles. The Labute approximate surface area is 221 Å². The summed E-state index contributed by atoms with van der Waals surface area (Å²) in [5.41, 5.74) is 4.64. The SMILES string of the molecule is COc1cc2c(c(OC)c1OCc1ccccc1)-c1c(cc(OC)c(OC)c1OC)C[C@@H]1COC(=O)/C1=C/2. The van der Waals surface area contributed by atoms with Gasteiger partial charge < -0.3 is 33.2 Å². The van der Waals surface area contributed by atoms with E-state index in [9.17, 15) is 4.79 Å². The summed E-state index contributed by atoms with van der Waals surface area (Å²) >= 11 is 0. The minimum Gasteiger partial charge on any atom is -0.493 e. The molecule has 0 bridgehead atoms. The molecule has 0 unspecified atom stereocenters. The number of carbonyl (C=O) groups excluding carboxylic acids is 1. The molecule has 0 N–H and O–H groups in total. The van der Waals surface area contributed by atoms with Gasteiger partial charge >= 0.3 is 5.97 Å². The average Bonchev–Trinajstić information content (AvgIpc) is 3.28. The van der Waals surface area contributed by atoms with Gasteiger partial charge in [-0.1, -0.05) is 30.3 Å². The molecule has 1 fully saturated rings. The predicted octanol–water partition coefficient (Wildman–Crippen LogP) is 5.09. The highest BCUT2D eigenvalue weighted by molar-refractivity contribution is 6.00. The topological polar surface area (TPSA) is 81.7 Å². The maximum Gasteiger partial charge on any atom is 0.334 e. The summed E-state index contributed by atoms with van der Waals surface area (Å²) in [6.07, 6.45) is 2.37. The first-order valence-electron chi connectivity index (χ1n) is 12.2. The Hall–Kier alpha value is -4.33. The average molecular weight is 519 g/mol. The number of rotatable bonds is 8. The first kappa shape index (κ1) is 25.3. The zero-order valence-electron chi connectivity index (χ0n) is 22.1. The second kappa shape index (κ2) is 10.6. The maximum absolute atomic E-state index is 12.7. The molecule has 1 heterocycles. The van der Waals surface area contributed by atoms with Crippen molar-refractivity contribution in [3.8, 4) is 45.6 Å². The van der Waals surface area contributed by atoms with Gasteiger partial charge in [0.15, 0.2) is 23.0 Å². The fourth-order valence-electron chi connectivity index (χ4n) is 5.16. The Kier molecular flexibility index (Phi) is 7.05. The minimum absolute atomic E-state index is 0.136. The monoisotopic (exact) mass is 518 g/mol. The Morgan fingerprint density at radius 3 is 2.11 bits per heavy atom. The highest BCUT2D eigenvalue weighted by Crippen LogP contribution is 2.56. The summed E-state index contributed by atoms with van der Waals surface area (Å²) in [7, 11) is 7.88. The van der Waals surface area contributed by atoms with Crippen LogP contribution in [0.25, 0.3) is 17.2 Å². The minimum atomic E-state index is -0.334. The molecule has 3 aromatic rings. The van der Waals surface area contributed by atoms with Gasteiger partial charge in [0.25, 0.3) is 0 Å². The van der Waals surface area contributed by atoms with Crippen LogP contribution in [0.2, 0.25) is 0 Å². The third-order valence-electron chi connectivity index (χ3n) is 6.91. The van der Waals surface area contributed by atoms with Crippen molar-refractivity contribution in [2.45, 2.75) is 13.0 Å². The van der Waals surface area contributed by atoms with Crippen molar-refractivity contribution in [2.24, 2.45) is 5.92 Å². The van der Waals surface area contributed by atoms with Crippen molar-refractivity contribution in [2.75, 3.05) is 42.2 Å². The summed E-state index contributed by atoms with van der Waals surface area (Å²) < 4.78 is 40.8. The lowest BCUT2D eigenvalue weighted by atomic mass is 9.82. The molecule has 0 amide bonds. The zero-order chi connectivity index (χ0) is 26.8. The molecule has 1 aliphatic heterocycles. The quantitative estimate of drug-likeness (QED) is 0.382. The van der Waals surface area contributed by atoms with Crippen LogP contribution in [0.1, 0.15) is 16.7 Å². The molecule has 8 heteroatoms. The summed E-state index contributed by atoms with van der Waals surface area (Å²) in [5.74, 6) is 2.35. The summed E-state index contributed by atoms with van der Waals surface area (Å²) in [6.45, 7) is 0.598. The molecule has 0 radical (unpaired) electrons. The fraction of sp³-hybridized carbons (Fsp3) is 0.300. The first-order valence-corrected chi connectivity index (χ1v) is 12.2. The number of carbonyl (C=O) groups is 1. The smallest absolute Gasteiger partial charge is 0.334 e. The van der Waals surface area contributed by atoms with Gasteiger partial charge in [0.2, 0.25) is 11.5 Å². The number of fused-ring (bicyclic) bond motifs is 4. The Bertz CT molecular complexity index is 1390. The van der Waals surface area contributed by atoms with Crippen LogP contribution in [0.5, 0.6) is 34.5 Å². The maximum atomic E-state index is 12.7. The Morgan fingerprint density at radius 2 is 1.45 bits per heavy atom. The lowest BCUT2D eigenvalue weighted by molar-refractivity contribution is -0.135. The van der Waals surface area contributed by atoms with Crippen LogP contribution < -0.4 is 28.4 Å². The van der Waals surface area contributed by atoms with E-state index >= 15 is 0 Å². The molecule has 198 valence electrons. The predicted molar refractivity (Wildman–Crippen MR) is 142 cm³/mol. The molecule has 38 heavy (non-hydrogen) atoms. The molecule has 0 aromatic heterocycles. The van der Waals surface area contributed by atoms with E-state index in [4.69, 9.17) is 33.2 Å². The Morgan fingerprint density at radius 1 is 0.789 bits per heavy atom. The van der Waals surface area contributed by atoms with Crippen LogP contribution in [0.15, 0.2) is 48.0 Å².